The number of hydrogen-bond donors (Lipinski definition) is 2. The summed E-state index contributed by atoms with van der Waals surface area (Å²) >= 11 is 0. The third-order valence-corrected chi connectivity index (χ3v) is 4.59. The number of carbonyl (C=O) groups is 1. The quantitative estimate of drug-likeness (QED) is 0.817. The highest BCUT2D eigenvalue weighted by molar-refractivity contribution is 5.80. The maximum absolute atomic E-state index is 10.8. The molecule has 0 aromatic heterocycles. The van der Waals surface area contributed by atoms with Gasteiger partial charge in [-0.15, -0.1) is 0 Å². The summed E-state index contributed by atoms with van der Waals surface area (Å²) < 4.78 is 11.6. The number of carboxylic acid groups (broad SMARTS) is 1. The zero-order valence-corrected chi connectivity index (χ0v) is 13.4. The Labute approximate surface area is 136 Å². The second-order valence-corrected chi connectivity index (χ2v) is 6.22. The third kappa shape index (κ3) is 3.78. The highest BCUT2D eigenvalue weighted by Crippen LogP contribution is 2.36. The minimum absolute atomic E-state index is 0.262. The van der Waals surface area contributed by atoms with Crippen LogP contribution in [0.1, 0.15) is 43.6 Å². The van der Waals surface area contributed by atoms with Crippen LogP contribution in [0.2, 0.25) is 0 Å². The molecule has 0 radical (unpaired) electrons. The van der Waals surface area contributed by atoms with Gasteiger partial charge in [0.2, 0.25) is 0 Å². The van der Waals surface area contributed by atoms with E-state index in [9.17, 15) is 4.79 Å². The number of allylic oxidation sites excluding steroid dienone is 1. The lowest BCUT2D eigenvalue weighted by Gasteiger charge is -2.18. The minimum Gasteiger partial charge on any atom is -0.493 e. The molecule has 2 N–H and O–H groups in total. The monoisotopic (exact) mass is 317 g/mol. The number of benzene rings is 1. The fourth-order valence-electron chi connectivity index (χ4n) is 3.38. The zero-order chi connectivity index (χ0) is 16.2. The van der Waals surface area contributed by atoms with E-state index in [1.165, 1.54) is 18.9 Å². The molecular weight excluding hydrogens is 294 g/mol. The van der Waals surface area contributed by atoms with Crippen LogP contribution in [0.3, 0.4) is 0 Å². The number of ether oxygens (including phenoxy) is 2. The number of nitrogens with one attached hydrogen (secondary N) is 1. The maximum Gasteiger partial charge on any atom is 0.330 e. The molecule has 23 heavy (non-hydrogen) atoms. The molecule has 1 unspecified atom stereocenters. The van der Waals surface area contributed by atoms with E-state index in [0.29, 0.717) is 6.42 Å². The summed E-state index contributed by atoms with van der Waals surface area (Å²) in [6, 6.07) is 6.03. The number of methoxy groups -OCH3 is 1. The summed E-state index contributed by atoms with van der Waals surface area (Å²) in [6.07, 6.45) is 6.89. The fraction of sp³-hybridized carbons (Fsp3) is 0.500. The molecular formula is C18H23NO4. The van der Waals surface area contributed by atoms with Crippen LogP contribution in [0.25, 0.3) is 0 Å². The lowest BCUT2D eigenvalue weighted by atomic mass is 9.97. The van der Waals surface area contributed by atoms with Gasteiger partial charge in [-0.1, -0.05) is 6.07 Å². The predicted octanol–water partition coefficient (Wildman–Crippen LogP) is 3.06. The van der Waals surface area contributed by atoms with E-state index >= 15 is 0 Å². The Morgan fingerprint density at radius 3 is 2.78 bits per heavy atom. The van der Waals surface area contributed by atoms with Gasteiger partial charge in [0.15, 0.2) is 11.5 Å². The van der Waals surface area contributed by atoms with Crippen LogP contribution in [-0.4, -0.2) is 30.8 Å². The van der Waals surface area contributed by atoms with Gasteiger partial charge in [0.25, 0.3) is 0 Å². The van der Waals surface area contributed by atoms with Crippen molar-refractivity contribution in [2.24, 2.45) is 0 Å². The van der Waals surface area contributed by atoms with Crippen molar-refractivity contribution in [1.29, 1.82) is 0 Å². The molecule has 0 bridgehead atoms. The van der Waals surface area contributed by atoms with Crippen LogP contribution in [0, 0.1) is 0 Å². The van der Waals surface area contributed by atoms with Gasteiger partial charge in [0.1, 0.15) is 0 Å². The molecule has 1 saturated heterocycles. The third-order valence-electron chi connectivity index (χ3n) is 4.59. The van der Waals surface area contributed by atoms with E-state index in [1.54, 1.807) is 7.11 Å². The molecule has 1 aromatic carbocycles. The minimum atomic E-state index is -0.909. The molecule has 2 fully saturated rings. The Balaban J connectivity index is 1.76. The van der Waals surface area contributed by atoms with Gasteiger partial charge in [-0.2, -0.15) is 0 Å². The molecule has 1 heterocycles. The first-order valence-corrected chi connectivity index (χ1v) is 8.17. The molecule has 3 rings (SSSR count). The van der Waals surface area contributed by atoms with Gasteiger partial charge in [-0.05, 0) is 49.8 Å². The zero-order valence-electron chi connectivity index (χ0n) is 13.4. The second-order valence-electron chi connectivity index (χ2n) is 6.22. The molecule has 2 aliphatic rings. The molecule has 1 aliphatic carbocycles. The topological polar surface area (TPSA) is 67.8 Å². The van der Waals surface area contributed by atoms with Crippen molar-refractivity contribution in [3.05, 3.63) is 35.5 Å². The largest absolute Gasteiger partial charge is 0.493 e. The Kier molecular flexibility index (Phi) is 4.74. The van der Waals surface area contributed by atoms with Crippen LogP contribution >= 0.6 is 0 Å². The van der Waals surface area contributed by atoms with Crippen molar-refractivity contribution in [2.75, 3.05) is 13.7 Å². The normalized spacial score (nSPS) is 23.0. The first kappa shape index (κ1) is 15.7. The smallest absolute Gasteiger partial charge is 0.330 e. The SMILES string of the molecule is COc1ccc(C2CNC(=CC(=O)O)C2)cc1OC1CCCC1. The fourth-order valence-corrected chi connectivity index (χ4v) is 3.38. The number of rotatable bonds is 5. The van der Waals surface area contributed by atoms with Gasteiger partial charge < -0.3 is 19.9 Å². The van der Waals surface area contributed by atoms with Crippen molar-refractivity contribution in [3.63, 3.8) is 0 Å². The van der Waals surface area contributed by atoms with Gasteiger partial charge >= 0.3 is 5.97 Å². The van der Waals surface area contributed by atoms with Gasteiger partial charge in [0.05, 0.1) is 13.2 Å². The molecule has 0 spiro atoms. The molecule has 1 atom stereocenters. The standard InChI is InChI=1S/C18H23NO4/c1-22-16-7-6-12(9-17(16)23-15-4-2-3-5-15)13-8-14(19-11-13)10-18(20)21/h6-7,9-10,13,15,19H,2-5,8,11H2,1H3,(H,20,21). The lowest BCUT2D eigenvalue weighted by molar-refractivity contribution is -0.131. The number of hydrogen-bond acceptors (Lipinski definition) is 4. The van der Waals surface area contributed by atoms with Crippen molar-refractivity contribution >= 4 is 5.97 Å². The van der Waals surface area contributed by atoms with E-state index in [2.05, 4.69) is 5.32 Å². The second kappa shape index (κ2) is 6.94. The molecule has 1 aromatic rings. The molecule has 1 aliphatic heterocycles. The predicted molar refractivity (Wildman–Crippen MR) is 87.0 cm³/mol. The van der Waals surface area contributed by atoms with Gasteiger partial charge in [-0.3, -0.25) is 0 Å². The Morgan fingerprint density at radius 1 is 1.30 bits per heavy atom. The summed E-state index contributed by atoms with van der Waals surface area (Å²) in [5.74, 6) is 0.908. The van der Waals surface area contributed by atoms with E-state index in [1.807, 2.05) is 18.2 Å². The van der Waals surface area contributed by atoms with Crippen LogP contribution in [0.5, 0.6) is 11.5 Å². The van der Waals surface area contributed by atoms with E-state index in [0.717, 1.165) is 42.1 Å². The molecule has 124 valence electrons. The Bertz CT molecular complexity index is 605. The van der Waals surface area contributed by atoms with Crippen LogP contribution in [0.15, 0.2) is 30.0 Å². The summed E-state index contributed by atoms with van der Waals surface area (Å²) in [5.41, 5.74) is 1.93. The molecule has 1 saturated carbocycles. The van der Waals surface area contributed by atoms with E-state index in [4.69, 9.17) is 14.6 Å². The first-order valence-electron chi connectivity index (χ1n) is 8.17. The molecule has 5 heteroatoms. The average molecular weight is 317 g/mol. The highest BCUT2D eigenvalue weighted by Gasteiger charge is 2.24. The van der Waals surface area contributed by atoms with Crippen molar-refractivity contribution in [1.82, 2.24) is 5.32 Å². The van der Waals surface area contributed by atoms with E-state index < -0.39 is 5.97 Å². The van der Waals surface area contributed by atoms with Crippen molar-refractivity contribution in [2.45, 2.75) is 44.1 Å². The van der Waals surface area contributed by atoms with E-state index in [-0.39, 0.29) is 12.0 Å². The highest BCUT2D eigenvalue weighted by atomic mass is 16.5. The van der Waals surface area contributed by atoms with Crippen molar-refractivity contribution < 1.29 is 19.4 Å². The van der Waals surface area contributed by atoms with Crippen LogP contribution in [0.4, 0.5) is 0 Å². The molecule has 5 nitrogen and oxygen atoms in total. The molecule has 0 amide bonds. The summed E-state index contributed by atoms with van der Waals surface area (Å²) in [6.45, 7) is 0.744. The van der Waals surface area contributed by atoms with Crippen LogP contribution in [-0.2, 0) is 4.79 Å². The summed E-state index contributed by atoms with van der Waals surface area (Å²) in [7, 11) is 1.65. The Morgan fingerprint density at radius 2 is 2.09 bits per heavy atom. The van der Waals surface area contributed by atoms with Crippen molar-refractivity contribution in [3.8, 4) is 11.5 Å². The number of carboxylic acids is 1. The summed E-state index contributed by atoms with van der Waals surface area (Å²) in [4.78, 5) is 10.8. The summed E-state index contributed by atoms with van der Waals surface area (Å²) in [5, 5.41) is 12.0. The average Bonchev–Trinajstić information content (AvgIpc) is 3.18. The van der Waals surface area contributed by atoms with Gasteiger partial charge in [0, 0.05) is 24.2 Å². The maximum atomic E-state index is 10.8. The lowest BCUT2D eigenvalue weighted by Crippen LogP contribution is -2.12. The van der Waals surface area contributed by atoms with Gasteiger partial charge in [-0.25, -0.2) is 4.79 Å². The first-order chi connectivity index (χ1) is 11.2. The van der Waals surface area contributed by atoms with Crippen LogP contribution < -0.4 is 14.8 Å². The number of aliphatic carboxylic acids is 1. The Hall–Kier alpha value is -2.17.